The molecule has 2 aromatic rings. The van der Waals surface area contributed by atoms with Crippen LogP contribution < -0.4 is 0 Å². The zero-order chi connectivity index (χ0) is 11.7. The number of carboxylic acid groups (broad SMARTS) is 1. The molecule has 1 heterocycles. The Morgan fingerprint density at radius 1 is 1.31 bits per heavy atom. The van der Waals surface area contributed by atoms with Crippen LogP contribution in [0.4, 0.5) is 0 Å². The summed E-state index contributed by atoms with van der Waals surface area (Å²) in [5.74, 6) is -2.28. The summed E-state index contributed by atoms with van der Waals surface area (Å²) in [6, 6.07) is 6.97. The first-order chi connectivity index (χ1) is 7.65. The summed E-state index contributed by atoms with van der Waals surface area (Å²) in [7, 11) is 0. The average molecular weight is 217 g/mol. The minimum absolute atomic E-state index is 0.247. The molecule has 0 bridgehead atoms. The van der Waals surface area contributed by atoms with Crippen molar-refractivity contribution >= 4 is 22.7 Å². The number of aliphatic carboxylic acids is 1. The lowest BCUT2D eigenvalue weighted by Crippen LogP contribution is -2.14. The molecule has 0 aliphatic heterocycles. The fourth-order valence-corrected chi connectivity index (χ4v) is 1.82. The molecule has 0 radical (unpaired) electrons. The highest BCUT2D eigenvalue weighted by Gasteiger charge is 2.18. The lowest BCUT2D eigenvalue weighted by Gasteiger charge is -2.04. The topological polar surface area (TPSA) is 59.3 Å². The summed E-state index contributed by atoms with van der Waals surface area (Å²) in [6.45, 7) is 2.65. The van der Waals surface area contributed by atoms with Gasteiger partial charge in [-0.25, -0.2) is 4.79 Å². The summed E-state index contributed by atoms with van der Waals surface area (Å²) < 4.78 is 1.87. The van der Waals surface area contributed by atoms with E-state index in [0.717, 1.165) is 5.39 Å². The van der Waals surface area contributed by atoms with Crippen molar-refractivity contribution in [2.45, 2.75) is 13.5 Å². The monoisotopic (exact) mass is 217 g/mol. The first kappa shape index (κ1) is 10.4. The molecule has 0 aliphatic rings. The van der Waals surface area contributed by atoms with E-state index in [1.54, 1.807) is 12.1 Å². The Kier molecular flexibility index (Phi) is 2.48. The van der Waals surface area contributed by atoms with Crippen LogP contribution in [0.5, 0.6) is 0 Å². The van der Waals surface area contributed by atoms with Gasteiger partial charge < -0.3 is 9.67 Å². The van der Waals surface area contributed by atoms with E-state index in [1.165, 1.54) is 0 Å². The predicted octanol–water partition coefficient (Wildman–Crippen LogP) is 1.93. The van der Waals surface area contributed by atoms with Gasteiger partial charge in [-0.15, -0.1) is 0 Å². The largest absolute Gasteiger partial charge is 0.475 e. The highest BCUT2D eigenvalue weighted by atomic mass is 16.4. The molecule has 0 atom stereocenters. The Labute approximate surface area is 92.1 Å². The molecular formula is C12H11NO3. The molecule has 4 heteroatoms. The van der Waals surface area contributed by atoms with Gasteiger partial charge in [-0.1, -0.05) is 12.1 Å². The van der Waals surface area contributed by atoms with Crippen LogP contribution in [0.3, 0.4) is 0 Å². The van der Waals surface area contributed by atoms with E-state index in [2.05, 4.69) is 0 Å². The molecule has 0 saturated heterocycles. The molecule has 1 N–H and O–H groups in total. The van der Waals surface area contributed by atoms with Crippen molar-refractivity contribution in [3.63, 3.8) is 0 Å². The average Bonchev–Trinajstić information content (AvgIpc) is 2.70. The van der Waals surface area contributed by atoms with Crippen molar-refractivity contribution in [2.75, 3.05) is 0 Å². The van der Waals surface area contributed by atoms with Crippen LogP contribution in [0, 0.1) is 0 Å². The molecular weight excluding hydrogens is 206 g/mol. The third-order valence-corrected chi connectivity index (χ3v) is 2.57. The predicted molar refractivity (Wildman–Crippen MR) is 59.6 cm³/mol. The standard InChI is InChI=1S/C12H11NO3/c1-2-13-7-6-8-4-3-5-9(10(8)13)11(14)12(15)16/h3-7H,2H2,1H3,(H,15,16). The van der Waals surface area contributed by atoms with Crippen LogP contribution in [-0.4, -0.2) is 21.4 Å². The van der Waals surface area contributed by atoms with Crippen LogP contribution >= 0.6 is 0 Å². The zero-order valence-corrected chi connectivity index (χ0v) is 8.80. The number of aromatic nitrogens is 1. The second-order valence-corrected chi connectivity index (χ2v) is 3.48. The summed E-state index contributed by atoms with van der Waals surface area (Å²) in [4.78, 5) is 22.2. The first-order valence-corrected chi connectivity index (χ1v) is 5.00. The maximum Gasteiger partial charge on any atom is 0.377 e. The van der Waals surface area contributed by atoms with Gasteiger partial charge in [0.25, 0.3) is 5.78 Å². The molecule has 82 valence electrons. The van der Waals surface area contributed by atoms with Crippen molar-refractivity contribution in [1.29, 1.82) is 0 Å². The lowest BCUT2D eigenvalue weighted by molar-refractivity contribution is -0.131. The summed E-state index contributed by atoms with van der Waals surface area (Å²) in [6.07, 6.45) is 1.85. The van der Waals surface area contributed by atoms with Crippen molar-refractivity contribution < 1.29 is 14.7 Å². The van der Waals surface area contributed by atoms with Crippen molar-refractivity contribution in [3.05, 3.63) is 36.0 Å². The van der Waals surface area contributed by atoms with Gasteiger partial charge >= 0.3 is 5.97 Å². The van der Waals surface area contributed by atoms with Crippen molar-refractivity contribution in [1.82, 2.24) is 4.57 Å². The maximum atomic E-state index is 11.5. The minimum atomic E-state index is -1.42. The maximum absolute atomic E-state index is 11.5. The van der Waals surface area contributed by atoms with E-state index in [-0.39, 0.29) is 5.56 Å². The molecule has 0 spiro atoms. The summed E-state index contributed by atoms with van der Waals surface area (Å²) >= 11 is 0. The van der Waals surface area contributed by atoms with E-state index in [9.17, 15) is 9.59 Å². The second kappa shape index (κ2) is 3.81. The number of rotatable bonds is 3. The third kappa shape index (κ3) is 1.48. The molecule has 0 fully saturated rings. The lowest BCUT2D eigenvalue weighted by atomic mass is 10.1. The van der Waals surface area contributed by atoms with E-state index < -0.39 is 11.8 Å². The number of carbonyl (C=O) groups excluding carboxylic acids is 1. The number of nitrogens with zero attached hydrogens (tertiary/aromatic N) is 1. The highest BCUT2D eigenvalue weighted by molar-refractivity contribution is 6.42. The van der Waals surface area contributed by atoms with Crippen LogP contribution in [0.1, 0.15) is 17.3 Å². The number of hydrogen-bond acceptors (Lipinski definition) is 2. The molecule has 1 aromatic carbocycles. The number of aryl methyl sites for hydroxylation is 1. The fraction of sp³-hybridized carbons (Fsp3) is 0.167. The Balaban J connectivity index is 2.73. The minimum Gasteiger partial charge on any atom is -0.475 e. The summed E-state index contributed by atoms with van der Waals surface area (Å²) in [5, 5.41) is 9.62. The molecule has 1 aromatic heterocycles. The fourth-order valence-electron chi connectivity index (χ4n) is 1.82. The number of Topliss-reactive ketones (excluding diaryl/α,β-unsaturated/α-hetero) is 1. The van der Waals surface area contributed by atoms with Crippen LogP contribution in [-0.2, 0) is 11.3 Å². The smallest absolute Gasteiger partial charge is 0.377 e. The molecule has 16 heavy (non-hydrogen) atoms. The third-order valence-electron chi connectivity index (χ3n) is 2.57. The number of carboxylic acids is 1. The normalized spacial score (nSPS) is 10.6. The molecule has 2 rings (SSSR count). The number of hydrogen-bond donors (Lipinski definition) is 1. The number of benzene rings is 1. The van der Waals surface area contributed by atoms with Gasteiger partial charge in [0, 0.05) is 18.1 Å². The Hall–Kier alpha value is -2.10. The number of para-hydroxylation sites is 1. The molecule has 0 amide bonds. The first-order valence-electron chi connectivity index (χ1n) is 5.00. The van der Waals surface area contributed by atoms with Crippen molar-refractivity contribution in [2.24, 2.45) is 0 Å². The Morgan fingerprint density at radius 2 is 2.06 bits per heavy atom. The molecule has 4 nitrogen and oxygen atoms in total. The highest BCUT2D eigenvalue weighted by Crippen LogP contribution is 2.20. The van der Waals surface area contributed by atoms with Gasteiger partial charge in [0.05, 0.1) is 11.1 Å². The van der Waals surface area contributed by atoms with Crippen LogP contribution in [0.2, 0.25) is 0 Å². The van der Waals surface area contributed by atoms with E-state index in [4.69, 9.17) is 5.11 Å². The van der Waals surface area contributed by atoms with Gasteiger partial charge in [0.2, 0.25) is 0 Å². The van der Waals surface area contributed by atoms with Gasteiger partial charge in [-0.2, -0.15) is 0 Å². The van der Waals surface area contributed by atoms with E-state index in [1.807, 2.05) is 29.8 Å². The number of fused-ring (bicyclic) bond motifs is 1. The van der Waals surface area contributed by atoms with Crippen molar-refractivity contribution in [3.8, 4) is 0 Å². The Morgan fingerprint density at radius 3 is 2.69 bits per heavy atom. The zero-order valence-electron chi connectivity index (χ0n) is 8.80. The summed E-state index contributed by atoms with van der Waals surface area (Å²) in [5.41, 5.74) is 0.939. The molecule has 0 saturated carbocycles. The quantitative estimate of drug-likeness (QED) is 0.631. The second-order valence-electron chi connectivity index (χ2n) is 3.48. The number of carbonyl (C=O) groups is 2. The molecule has 0 unspecified atom stereocenters. The van der Waals surface area contributed by atoms with E-state index in [0.29, 0.717) is 12.1 Å². The van der Waals surface area contributed by atoms with Gasteiger partial charge in [-0.3, -0.25) is 4.79 Å². The Bertz CT molecular complexity index is 569. The van der Waals surface area contributed by atoms with Gasteiger partial charge in [-0.05, 0) is 19.1 Å². The SMILES string of the molecule is CCn1ccc2cccc(C(=O)C(=O)O)c21. The van der Waals surface area contributed by atoms with E-state index >= 15 is 0 Å². The van der Waals surface area contributed by atoms with Gasteiger partial charge in [0.15, 0.2) is 0 Å². The molecule has 0 aliphatic carbocycles. The number of ketones is 1. The van der Waals surface area contributed by atoms with Crippen LogP contribution in [0.15, 0.2) is 30.5 Å². The van der Waals surface area contributed by atoms with Crippen LogP contribution in [0.25, 0.3) is 10.9 Å². The van der Waals surface area contributed by atoms with Gasteiger partial charge in [0.1, 0.15) is 0 Å².